The van der Waals surface area contributed by atoms with Gasteiger partial charge in [-0.1, -0.05) is 24.3 Å². The lowest BCUT2D eigenvalue weighted by molar-refractivity contribution is -0.116. The maximum absolute atomic E-state index is 12.6. The Morgan fingerprint density at radius 2 is 1.85 bits per heavy atom. The molecule has 1 aromatic heterocycles. The van der Waals surface area contributed by atoms with Crippen LogP contribution >= 0.6 is 0 Å². The molecule has 33 heavy (non-hydrogen) atoms. The molecule has 1 heterocycles. The van der Waals surface area contributed by atoms with Crippen LogP contribution in [0.3, 0.4) is 0 Å². The van der Waals surface area contributed by atoms with Gasteiger partial charge in [0.1, 0.15) is 0 Å². The van der Waals surface area contributed by atoms with Gasteiger partial charge in [0.15, 0.2) is 0 Å². The number of amides is 2. The number of aromatic nitrogens is 2. The van der Waals surface area contributed by atoms with Gasteiger partial charge in [0.25, 0.3) is 5.91 Å². The molecule has 0 spiro atoms. The van der Waals surface area contributed by atoms with Crippen LogP contribution in [-0.2, 0) is 27.1 Å². The van der Waals surface area contributed by atoms with Crippen LogP contribution < -0.4 is 15.4 Å². The highest BCUT2D eigenvalue weighted by atomic mass is 32.2. The molecule has 3 rings (SSSR count). The summed E-state index contributed by atoms with van der Waals surface area (Å²) in [5, 5.41) is 5.55. The van der Waals surface area contributed by atoms with E-state index < -0.39 is 10.0 Å². The quantitative estimate of drug-likeness (QED) is 0.374. The third kappa shape index (κ3) is 7.70. The molecule has 0 aliphatic heterocycles. The molecular weight excluding hydrogens is 442 g/mol. The monoisotopic (exact) mass is 467 g/mol. The zero-order valence-electron chi connectivity index (χ0n) is 17.9. The zero-order valence-corrected chi connectivity index (χ0v) is 18.7. The van der Waals surface area contributed by atoms with Gasteiger partial charge in [-0.15, -0.1) is 6.58 Å². The fourth-order valence-corrected chi connectivity index (χ4v) is 4.06. The van der Waals surface area contributed by atoms with Crippen LogP contribution in [0.1, 0.15) is 22.3 Å². The number of nitrogens with zero attached hydrogens (tertiary/aromatic N) is 2. The molecule has 0 bridgehead atoms. The van der Waals surface area contributed by atoms with Gasteiger partial charge in [0.05, 0.1) is 12.1 Å². The fraction of sp³-hybridized carbons (Fsp3) is 0.174. The van der Waals surface area contributed by atoms with Crippen LogP contribution in [-0.4, -0.2) is 36.3 Å². The third-order valence-electron chi connectivity index (χ3n) is 4.58. The van der Waals surface area contributed by atoms with Crippen LogP contribution in [0.4, 0.5) is 11.4 Å². The van der Waals surface area contributed by atoms with E-state index in [0.717, 1.165) is 0 Å². The van der Waals surface area contributed by atoms with Gasteiger partial charge in [-0.2, -0.15) is 0 Å². The molecule has 9 nitrogen and oxygen atoms in total. The number of anilines is 2. The van der Waals surface area contributed by atoms with E-state index in [1.165, 1.54) is 6.08 Å². The smallest absolute Gasteiger partial charge is 0.255 e. The molecule has 3 aromatic rings. The van der Waals surface area contributed by atoms with Crippen molar-refractivity contribution in [3.63, 3.8) is 0 Å². The molecule has 0 radical (unpaired) electrons. The number of carbonyl (C=O) groups excluding carboxylic acids is 2. The average molecular weight is 468 g/mol. The number of aryl methyl sites for hydroxylation is 1. The van der Waals surface area contributed by atoms with E-state index in [4.69, 9.17) is 0 Å². The maximum Gasteiger partial charge on any atom is 0.255 e. The highest BCUT2D eigenvalue weighted by Gasteiger charge is 2.12. The van der Waals surface area contributed by atoms with Crippen LogP contribution in [0.2, 0.25) is 0 Å². The van der Waals surface area contributed by atoms with Crippen molar-refractivity contribution < 1.29 is 18.0 Å². The molecule has 0 atom stereocenters. The number of sulfonamides is 1. The van der Waals surface area contributed by atoms with Gasteiger partial charge in [-0.25, -0.2) is 18.1 Å². The lowest BCUT2D eigenvalue weighted by Gasteiger charge is -2.10. The number of rotatable bonds is 11. The van der Waals surface area contributed by atoms with E-state index in [1.54, 1.807) is 67.3 Å². The first-order valence-electron chi connectivity index (χ1n) is 10.2. The molecule has 0 aliphatic rings. The Kier molecular flexibility index (Phi) is 8.11. The first kappa shape index (κ1) is 23.9. The number of imidazole rings is 1. The molecule has 2 amide bonds. The molecule has 0 saturated heterocycles. The predicted octanol–water partition coefficient (Wildman–Crippen LogP) is 2.77. The summed E-state index contributed by atoms with van der Waals surface area (Å²) in [6, 6.07) is 13.2. The summed E-state index contributed by atoms with van der Waals surface area (Å²) in [6.07, 6.45) is 6.82. The molecule has 2 aromatic carbocycles. The second-order valence-corrected chi connectivity index (χ2v) is 9.03. The second kappa shape index (κ2) is 11.2. The van der Waals surface area contributed by atoms with Crippen molar-refractivity contribution in [2.75, 3.05) is 17.2 Å². The van der Waals surface area contributed by atoms with Crippen LogP contribution in [0.25, 0.3) is 0 Å². The van der Waals surface area contributed by atoms with Crippen molar-refractivity contribution in [1.82, 2.24) is 14.3 Å². The molecule has 0 aliphatic carbocycles. The minimum Gasteiger partial charge on any atom is -0.337 e. The summed E-state index contributed by atoms with van der Waals surface area (Å²) >= 11 is 0. The number of carbonyl (C=O) groups is 2. The molecule has 0 saturated carbocycles. The minimum atomic E-state index is -3.46. The van der Waals surface area contributed by atoms with Crippen molar-refractivity contribution in [3.05, 3.63) is 91.0 Å². The Hall–Kier alpha value is -3.76. The highest BCUT2D eigenvalue weighted by molar-refractivity contribution is 7.88. The molecule has 0 fully saturated rings. The van der Waals surface area contributed by atoms with Gasteiger partial charge in [0.2, 0.25) is 15.9 Å². The summed E-state index contributed by atoms with van der Waals surface area (Å²) in [4.78, 5) is 28.7. The van der Waals surface area contributed by atoms with Gasteiger partial charge < -0.3 is 15.2 Å². The number of nitrogens with one attached hydrogen (secondary N) is 3. The van der Waals surface area contributed by atoms with Crippen molar-refractivity contribution >= 4 is 33.2 Å². The van der Waals surface area contributed by atoms with E-state index >= 15 is 0 Å². The average Bonchev–Trinajstić information content (AvgIpc) is 3.31. The predicted molar refractivity (Wildman–Crippen MR) is 127 cm³/mol. The molecule has 0 unspecified atom stereocenters. The lowest BCUT2D eigenvalue weighted by Crippen LogP contribution is -2.25. The van der Waals surface area contributed by atoms with Gasteiger partial charge in [-0.3, -0.25) is 9.59 Å². The summed E-state index contributed by atoms with van der Waals surface area (Å²) in [5.41, 5.74) is 2.01. The zero-order chi connectivity index (χ0) is 23.7. The molecule has 172 valence electrons. The first-order valence-corrected chi connectivity index (χ1v) is 11.8. The molecular formula is C23H25N5O4S. The van der Waals surface area contributed by atoms with Gasteiger partial charge in [-0.05, 0) is 35.9 Å². The van der Waals surface area contributed by atoms with Crippen LogP contribution in [0, 0.1) is 0 Å². The second-order valence-electron chi connectivity index (χ2n) is 7.23. The Balaban J connectivity index is 1.55. The highest BCUT2D eigenvalue weighted by Crippen LogP contribution is 2.16. The minimum absolute atomic E-state index is 0.167. The Morgan fingerprint density at radius 1 is 1.06 bits per heavy atom. The molecule has 10 heteroatoms. The lowest BCUT2D eigenvalue weighted by atomic mass is 10.1. The number of hydrogen-bond donors (Lipinski definition) is 3. The van der Waals surface area contributed by atoms with Crippen LogP contribution in [0.5, 0.6) is 0 Å². The van der Waals surface area contributed by atoms with Crippen molar-refractivity contribution in [3.8, 4) is 0 Å². The molecule has 3 N–H and O–H groups in total. The normalized spacial score (nSPS) is 11.0. The fourth-order valence-electron chi connectivity index (χ4n) is 2.96. The van der Waals surface area contributed by atoms with Crippen molar-refractivity contribution in [1.29, 1.82) is 0 Å². The van der Waals surface area contributed by atoms with E-state index in [0.29, 0.717) is 29.0 Å². The van der Waals surface area contributed by atoms with Crippen molar-refractivity contribution in [2.45, 2.75) is 18.7 Å². The third-order valence-corrected chi connectivity index (χ3v) is 5.90. The maximum atomic E-state index is 12.6. The summed E-state index contributed by atoms with van der Waals surface area (Å²) in [6.45, 7) is 4.16. The number of hydrogen-bond acceptors (Lipinski definition) is 5. The van der Waals surface area contributed by atoms with E-state index in [-0.39, 0.29) is 30.5 Å². The SMILES string of the molecule is C=CCNS(=O)(=O)Cc1ccc(NC(=O)c2cccc(NC(=O)CCn3ccnc3)c2)cc1. The Morgan fingerprint density at radius 3 is 2.55 bits per heavy atom. The van der Waals surface area contributed by atoms with E-state index in [9.17, 15) is 18.0 Å². The van der Waals surface area contributed by atoms with E-state index in [1.807, 2.05) is 4.57 Å². The Labute approximate surface area is 192 Å². The van der Waals surface area contributed by atoms with Gasteiger partial charge >= 0.3 is 0 Å². The van der Waals surface area contributed by atoms with E-state index in [2.05, 4.69) is 26.9 Å². The summed E-state index contributed by atoms with van der Waals surface area (Å²) < 4.78 is 28.1. The Bertz CT molecular complexity index is 1210. The summed E-state index contributed by atoms with van der Waals surface area (Å²) in [7, 11) is -3.46. The topological polar surface area (TPSA) is 122 Å². The van der Waals surface area contributed by atoms with Crippen LogP contribution in [0.15, 0.2) is 79.9 Å². The standard InChI is InChI=1S/C23H25N5O4S/c1-2-11-25-33(31,32)16-18-6-8-20(9-7-18)27-23(30)19-4-3-5-21(15-19)26-22(29)10-13-28-14-12-24-17-28/h2-9,12,14-15,17,25H,1,10-11,13,16H2,(H,26,29)(H,27,30). The first-order chi connectivity index (χ1) is 15.8. The largest absolute Gasteiger partial charge is 0.337 e. The van der Waals surface area contributed by atoms with Crippen molar-refractivity contribution in [2.24, 2.45) is 0 Å². The number of benzene rings is 2. The van der Waals surface area contributed by atoms with Gasteiger partial charge in [0, 0.05) is 48.8 Å². The summed E-state index contributed by atoms with van der Waals surface area (Å²) in [5.74, 6) is -0.690.